The summed E-state index contributed by atoms with van der Waals surface area (Å²) in [5, 5.41) is 0. The molecule has 1 unspecified atom stereocenters. The average molecular weight is 312 g/mol. The molecule has 1 aliphatic rings. The predicted molar refractivity (Wildman–Crippen MR) is 68.8 cm³/mol. The van der Waals surface area contributed by atoms with Gasteiger partial charge in [-0.2, -0.15) is 0 Å². The Morgan fingerprint density at radius 3 is 2.60 bits per heavy atom. The van der Waals surface area contributed by atoms with E-state index >= 15 is 0 Å². The second-order valence-corrected chi connectivity index (χ2v) is 5.50. The quantitative estimate of drug-likeness (QED) is 0.733. The summed E-state index contributed by atoms with van der Waals surface area (Å²) in [6, 6.07) is 4.99. The maximum absolute atomic E-state index is 12.6. The van der Waals surface area contributed by atoms with Crippen molar-refractivity contribution in [2.45, 2.75) is 38.4 Å². The van der Waals surface area contributed by atoms with Gasteiger partial charge in [0, 0.05) is 0 Å². The van der Waals surface area contributed by atoms with Gasteiger partial charge in [-0.15, -0.1) is 5.46 Å². The molecule has 0 amide bonds. The minimum absolute atomic E-state index is 0. The van der Waals surface area contributed by atoms with Crippen molar-refractivity contribution in [2.24, 2.45) is 0 Å². The molecule has 106 valence electrons. The molecule has 1 aromatic rings. The van der Waals surface area contributed by atoms with E-state index in [4.69, 9.17) is 9.47 Å². The largest absolute Gasteiger partial charge is 1.00 e. The van der Waals surface area contributed by atoms with Gasteiger partial charge in [0.25, 0.3) is 0 Å². The molecule has 0 spiro atoms. The molecule has 0 saturated carbocycles. The third-order valence-corrected chi connectivity index (χ3v) is 3.23. The Hall–Kier alpha value is 0.471. The van der Waals surface area contributed by atoms with Gasteiger partial charge in [0.1, 0.15) is 12.4 Å². The van der Waals surface area contributed by atoms with Gasteiger partial charge < -0.3 is 22.4 Å². The zero-order chi connectivity index (χ0) is 14.1. The zero-order valence-electron chi connectivity index (χ0n) is 12.0. The maximum atomic E-state index is 12.6. The Balaban J connectivity index is 0.00000200. The summed E-state index contributed by atoms with van der Waals surface area (Å²) in [5.41, 5.74) is -0.796. The van der Waals surface area contributed by atoms with E-state index in [0.29, 0.717) is 0 Å². The van der Waals surface area contributed by atoms with Crippen LogP contribution in [0, 0.1) is 0 Å². The van der Waals surface area contributed by atoms with Gasteiger partial charge in [0.15, 0.2) is 0 Å². The minimum atomic E-state index is -4.98. The van der Waals surface area contributed by atoms with Crippen LogP contribution in [-0.2, 0) is 4.74 Å². The van der Waals surface area contributed by atoms with E-state index in [9.17, 15) is 12.9 Å². The predicted octanol–water partition coefficient (Wildman–Crippen LogP) is 0.0814. The Morgan fingerprint density at radius 2 is 2.05 bits per heavy atom. The Bertz CT molecular complexity index is 451. The molecule has 2 nitrogen and oxygen atoms in total. The Labute approximate surface area is 159 Å². The van der Waals surface area contributed by atoms with E-state index in [1.54, 1.807) is 0 Å². The van der Waals surface area contributed by atoms with Crippen molar-refractivity contribution in [3.63, 3.8) is 0 Å². The molecule has 7 heteroatoms. The summed E-state index contributed by atoms with van der Waals surface area (Å²) in [4.78, 5) is 0. The first-order valence-corrected chi connectivity index (χ1v) is 6.37. The van der Waals surface area contributed by atoms with Crippen LogP contribution in [0.5, 0.6) is 5.75 Å². The van der Waals surface area contributed by atoms with Gasteiger partial charge >= 0.3 is 58.4 Å². The van der Waals surface area contributed by atoms with E-state index in [1.165, 1.54) is 12.1 Å². The molecule has 0 aliphatic carbocycles. The molecule has 2 rings (SSSR count). The average Bonchev–Trinajstić information content (AvgIpc) is 2.66. The first kappa shape index (κ1) is 18.5. The number of rotatable bonds is 4. The summed E-state index contributed by atoms with van der Waals surface area (Å²) in [6.07, 6.45) is 1.76. The molecule has 0 radical (unpaired) electrons. The van der Waals surface area contributed by atoms with Crippen LogP contribution >= 0.6 is 0 Å². The van der Waals surface area contributed by atoms with Gasteiger partial charge in [0.05, 0.1) is 11.7 Å². The number of halogens is 3. The summed E-state index contributed by atoms with van der Waals surface area (Å²) in [6.45, 7) is -0.691. The first-order valence-electron chi connectivity index (χ1n) is 6.37. The van der Waals surface area contributed by atoms with Crippen molar-refractivity contribution >= 4 is 12.4 Å². The SMILES string of the molecule is CC1(C)CCC(COc2cccc([B-](F)(F)F)c2)O1.[K+]. The van der Waals surface area contributed by atoms with Crippen molar-refractivity contribution in [3.8, 4) is 5.75 Å². The number of benzene rings is 1. The van der Waals surface area contributed by atoms with E-state index in [2.05, 4.69) is 0 Å². The smallest absolute Gasteiger partial charge is 0.491 e. The number of hydrogen-bond donors (Lipinski definition) is 0. The maximum Gasteiger partial charge on any atom is 1.00 e. The third kappa shape index (κ3) is 5.35. The van der Waals surface area contributed by atoms with Crippen molar-refractivity contribution in [1.29, 1.82) is 0 Å². The van der Waals surface area contributed by atoms with Gasteiger partial charge in [-0.1, -0.05) is 12.1 Å². The molecule has 0 aromatic heterocycles. The molecule has 20 heavy (non-hydrogen) atoms. The second kappa shape index (κ2) is 7.15. The molecule has 1 aliphatic heterocycles. The van der Waals surface area contributed by atoms with E-state index < -0.39 is 12.4 Å². The Morgan fingerprint density at radius 1 is 1.35 bits per heavy atom. The van der Waals surface area contributed by atoms with Crippen LogP contribution in [0.3, 0.4) is 0 Å². The fraction of sp³-hybridized carbons (Fsp3) is 0.538. The molecule has 1 fully saturated rings. The standard InChI is InChI=1S/C13H17BF3O2.K/c1-13(2)7-6-12(19-13)9-18-11-5-3-4-10(8-11)14(15,16)17;/h3-5,8,12H,6-7,9H2,1-2H3;/q-1;+1. The minimum Gasteiger partial charge on any atom is -0.491 e. The van der Waals surface area contributed by atoms with Crippen LogP contribution in [0.2, 0.25) is 0 Å². The van der Waals surface area contributed by atoms with Crippen LogP contribution in [-0.4, -0.2) is 25.3 Å². The number of ether oxygens (including phenoxy) is 2. The van der Waals surface area contributed by atoms with E-state index in [1.807, 2.05) is 13.8 Å². The van der Waals surface area contributed by atoms with E-state index in [-0.39, 0.29) is 75.4 Å². The number of hydrogen-bond acceptors (Lipinski definition) is 2. The van der Waals surface area contributed by atoms with Crippen molar-refractivity contribution in [2.75, 3.05) is 6.61 Å². The van der Waals surface area contributed by atoms with E-state index in [0.717, 1.165) is 25.0 Å². The van der Waals surface area contributed by atoms with Gasteiger partial charge in [0.2, 0.25) is 0 Å². The third-order valence-electron chi connectivity index (χ3n) is 3.23. The van der Waals surface area contributed by atoms with Crippen LogP contribution in [0.15, 0.2) is 24.3 Å². The van der Waals surface area contributed by atoms with Gasteiger partial charge in [-0.05, 0) is 38.8 Å². The molecule has 1 saturated heterocycles. The van der Waals surface area contributed by atoms with Gasteiger partial charge in [-0.3, -0.25) is 0 Å². The fourth-order valence-electron chi connectivity index (χ4n) is 2.19. The molecule has 1 atom stereocenters. The summed E-state index contributed by atoms with van der Waals surface area (Å²) < 4.78 is 48.9. The zero-order valence-corrected chi connectivity index (χ0v) is 15.2. The van der Waals surface area contributed by atoms with Crippen molar-refractivity contribution in [1.82, 2.24) is 0 Å². The monoisotopic (exact) mass is 312 g/mol. The second-order valence-electron chi connectivity index (χ2n) is 5.50. The van der Waals surface area contributed by atoms with Gasteiger partial charge in [-0.25, -0.2) is 0 Å². The van der Waals surface area contributed by atoms with Crippen molar-refractivity contribution < 1.29 is 73.8 Å². The van der Waals surface area contributed by atoms with Crippen LogP contribution in [0.25, 0.3) is 0 Å². The summed E-state index contributed by atoms with van der Waals surface area (Å²) >= 11 is 0. The first-order chi connectivity index (χ1) is 8.76. The topological polar surface area (TPSA) is 18.5 Å². The fourth-order valence-corrected chi connectivity index (χ4v) is 2.19. The van der Waals surface area contributed by atoms with Crippen LogP contribution in [0.4, 0.5) is 12.9 Å². The molecule has 0 bridgehead atoms. The van der Waals surface area contributed by atoms with Crippen LogP contribution in [0.1, 0.15) is 26.7 Å². The molecular weight excluding hydrogens is 295 g/mol. The normalized spacial score (nSPS) is 21.4. The van der Waals surface area contributed by atoms with Crippen LogP contribution < -0.4 is 61.6 Å². The summed E-state index contributed by atoms with van der Waals surface area (Å²) in [5.74, 6) is 0.241. The molecular formula is C13H17BF3KO2. The molecule has 1 heterocycles. The Kier molecular flexibility index (Phi) is 6.63. The molecule has 0 N–H and O–H groups in total. The molecule has 1 aromatic carbocycles. The summed E-state index contributed by atoms with van der Waals surface area (Å²) in [7, 11) is 0. The van der Waals surface area contributed by atoms with Crippen molar-refractivity contribution in [3.05, 3.63) is 24.3 Å².